The molecule has 1 fully saturated rings. The fraction of sp³-hybridized carbons (Fsp3) is 0.588. The summed E-state index contributed by atoms with van der Waals surface area (Å²) in [6, 6.07) is 4.82. The van der Waals surface area contributed by atoms with Gasteiger partial charge in [0.1, 0.15) is 5.82 Å². The number of sulfonamides is 1. The maximum atomic E-state index is 13.1. The number of nitrogens with zero attached hydrogens (tertiary/aromatic N) is 2. The zero-order chi connectivity index (χ0) is 18.4. The molecule has 2 N–H and O–H groups in total. The molecule has 2 rings (SSSR count). The van der Waals surface area contributed by atoms with E-state index < -0.39 is 10.0 Å². The standard InChI is InChI=1S/C17H27FN4O2S/c1-13-10-16(18)5-4-15(13)6-8-20-17(19-2)21-11-14-7-9-22(12-14)25(3,23)24/h4-5,10,14H,6-9,11-12H2,1-3H3,(H2,19,20,21). The van der Waals surface area contributed by atoms with Gasteiger partial charge < -0.3 is 10.6 Å². The Morgan fingerprint density at radius 2 is 2.16 bits per heavy atom. The van der Waals surface area contributed by atoms with E-state index in [1.807, 2.05) is 6.92 Å². The molecule has 0 aromatic heterocycles. The first-order chi connectivity index (χ1) is 11.8. The van der Waals surface area contributed by atoms with Crippen LogP contribution in [0.1, 0.15) is 17.5 Å². The first-order valence-corrected chi connectivity index (χ1v) is 10.3. The summed E-state index contributed by atoms with van der Waals surface area (Å²) in [6.07, 6.45) is 2.88. The molecule has 1 saturated heterocycles. The van der Waals surface area contributed by atoms with Crippen molar-refractivity contribution in [2.45, 2.75) is 19.8 Å². The molecule has 8 heteroatoms. The highest BCUT2D eigenvalue weighted by Crippen LogP contribution is 2.17. The Bertz CT molecular complexity index is 721. The summed E-state index contributed by atoms with van der Waals surface area (Å²) in [5.41, 5.74) is 2.04. The van der Waals surface area contributed by atoms with Crippen molar-refractivity contribution in [1.82, 2.24) is 14.9 Å². The number of rotatable bonds is 6. The minimum atomic E-state index is -3.10. The Balaban J connectivity index is 1.74. The number of aryl methyl sites for hydroxylation is 1. The van der Waals surface area contributed by atoms with E-state index in [0.29, 0.717) is 32.1 Å². The fourth-order valence-electron chi connectivity index (χ4n) is 2.98. The topological polar surface area (TPSA) is 73.8 Å². The molecular formula is C17H27FN4O2S. The van der Waals surface area contributed by atoms with Crippen LogP contribution in [-0.4, -0.2) is 58.2 Å². The van der Waals surface area contributed by atoms with E-state index in [2.05, 4.69) is 15.6 Å². The second kappa shape index (κ2) is 8.62. The molecule has 0 aliphatic carbocycles. The van der Waals surface area contributed by atoms with Gasteiger partial charge in [0.05, 0.1) is 6.26 Å². The van der Waals surface area contributed by atoms with E-state index >= 15 is 0 Å². The van der Waals surface area contributed by atoms with Crippen LogP contribution in [0.15, 0.2) is 23.2 Å². The molecule has 0 saturated carbocycles. The molecule has 140 valence electrons. The number of halogens is 1. The molecule has 1 aliphatic heterocycles. The maximum absolute atomic E-state index is 13.1. The van der Waals surface area contributed by atoms with Gasteiger partial charge in [0.2, 0.25) is 10.0 Å². The first-order valence-electron chi connectivity index (χ1n) is 8.44. The summed E-state index contributed by atoms with van der Waals surface area (Å²) in [7, 11) is -1.39. The lowest BCUT2D eigenvalue weighted by atomic mass is 10.1. The van der Waals surface area contributed by atoms with Gasteiger partial charge in [-0.05, 0) is 48.9 Å². The Labute approximate surface area is 149 Å². The van der Waals surface area contributed by atoms with Gasteiger partial charge in [-0.25, -0.2) is 17.1 Å². The van der Waals surface area contributed by atoms with Crippen LogP contribution in [0.25, 0.3) is 0 Å². The van der Waals surface area contributed by atoms with Gasteiger partial charge >= 0.3 is 0 Å². The van der Waals surface area contributed by atoms with Crippen molar-refractivity contribution in [3.8, 4) is 0 Å². The van der Waals surface area contributed by atoms with Crippen LogP contribution in [0.2, 0.25) is 0 Å². The number of hydrogen-bond donors (Lipinski definition) is 2. The smallest absolute Gasteiger partial charge is 0.211 e. The van der Waals surface area contributed by atoms with Crippen molar-refractivity contribution in [3.63, 3.8) is 0 Å². The Morgan fingerprint density at radius 1 is 1.40 bits per heavy atom. The van der Waals surface area contributed by atoms with Crippen molar-refractivity contribution in [3.05, 3.63) is 35.1 Å². The zero-order valence-electron chi connectivity index (χ0n) is 15.0. The van der Waals surface area contributed by atoms with E-state index in [0.717, 1.165) is 24.0 Å². The number of guanidine groups is 1. The Kier molecular flexibility index (Phi) is 6.78. The van der Waals surface area contributed by atoms with Gasteiger partial charge in [0.15, 0.2) is 5.96 Å². The number of nitrogens with one attached hydrogen (secondary N) is 2. The average molecular weight is 370 g/mol. The van der Waals surface area contributed by atoms with Gasteiger partial charge in [0, 0.05) is 33.2 Å². The van der Waals surface area contributed by atoms with Crippen molar-refractivity contribution >= 4 is 16.0 Å². The summed E-state index contributed by atoms with van der Waals surface area (Å²) in [4.78, 5) is 4.19. The molecule has 1 aliphatic rings. The average Bonchev–Trinajstić information content (AvgIpc) is 3.01. The molecule has 6 nitrogen and oxygen atoms in total. The third-order valence-electron chi connectivity index (χ3n) is 4.49. The van der Waals surface area contributed by atoms with E-state index in [-0.39, 0.29) is 11.7 Å². The van der Waals surface area contributed by atoms with Crippen LogP contribution in [-0.2, 0) is 16.4 Å². The van der Waals surface area contributed by atoms with Crippen LogP contribution < -0.4 is 10.6 Å². The molecule has 0 bridgehead atoms. The number of aliphatic imine (C=N–C) groups is 1. The highest BCUT2D eigenvalue weighted by molar-refractivity contribution is 7.88. The molecule has 0 radical (unpaired) electrons. The van der Waals surface area contributed by atoms with E-state index in [4.69, 9.17) is 0 Å². The van der Waals surface area contributed by atoms with Crippen LogP contribution in [0.5, 0.6) is 0 Å². The highest BCUT2D eigenvalue weighted by atomic mass is 32.2. The highest BCUT2D eigenvalue weighted by Gasteiger charge is 2.28. The van der Waals surface area contributed by atoms with E-state index in [9.17, 15) is 12.8 Å². The van der Waals surface area contributed by atoms with Crippen molar-refractivity contribution in [2.75, 3.05) is 39.5 Å². The Hall–Kier alpha value is -1.67. The largest absolute Gasteiger partial charge is 0.356 e. The van der Waals surface area contributed by atoms with Crippen LogP contribution >= 0.6 is 0 Å². The molecule has 1 unspecified atom stereocenters. The minimum absolute atomic E-state index is 0.216. The quantitative estimate of drug-likeness (QED) is 0.581. The molecule has 1 atom stereocenters. The van der Waals surface area contributed by atoms with E-state index in [1.165, 1.54) is 22.7 Å². The predicted octanol–water partition coefficient (Wildman–Crippen LogP) is 1.12. The van der Waals surface area contributed by atoms with Crippen LogP contribution in [0.4, 0.5) is 4.39 Å². The van der Waals surface area contributed by atoms with Crippen LogP contribution in [0.3, 0.4) is 0 Å². The fourth-order valence-corrected chi connectivity index (χ4v) is 3.90. The summed E-state index contributed by atoms with van der Waals surface area (Å²) >= 11 is 0. The molecule has 1 aromatic rings. The lowest BCUT2D eigenvalue weighted by Crippen LogP contribution is -2.41. The summed E-state index contributed by atoms with van der Waals surface area (Å²) < 4.78 is 37.7. The van der Waals surface area contributed by atoms with Gasteiger partial charge in [-0.3, -0.25) is 4.99 Å². The summed E-state index contributed by atoms with van der Waals surface area (Å²) in [5, 5.41) is 6.49. The summed E-state index contributed by atoms with van der Waals surface area (Å²) in [5.74, 6) is 0.761. The van der Waals surface area contributed by atoms with Crippen LogP contribution in [0, 0.1) is 18.7 Å². The zero-order valence-corrected chi connectivity index (χ0v) is 15.9. The van der Waals surface area contributed by atoms with Crippen molar-refractivity contribution in [1.29, 1.82) is 0 Å². The van der Waals surface area contributed by atoms with Gasteiger partial charge in [-0.2, -0.15) is 0 Å². The molecule has 0 amide bonds. The lowest BCUT2D eigenvalue weighted by molar-refractivity contribution is 0.459. The van der Waals surface area contributed by atoms with Gasteiger partial charge in [-0.1, -0.05) is 6.07 Å². The summed E-state index contributed by atoms with van der Waals surface area (Å²) in [6.45, 7) is 4.41. The molecule has 0 spiro atoms. The SMILES string of the molecule is CN=C(NCCc1ccc(F)cc1C)NCC1CCN(S(C)(=O)=O)C1. The third-order valence-corrected chi connectivity index (χ3v) is 5.76. The molecule has 25 heavy (non-hydrogen) atoms. The first kappa shape index (κ1) is 19.7. The monoisotopic (exact) mass is 370 g/mol. The minimum Gasteiger partial charge on any atom is -0.356 e. The van der Waals surface area contributed by atoms with E-state index in [1.54, 1.807) is 13.1 Å². The Morgan fingerprint density at radius 3 is 2.76 bits per heavy atom. The third kappa shape index (κ3) is 5.97. The van der Waals surface area contributed by atoms with Gasteiger partial charge in [-0.15, -0.1) is 0 Å². The van der Waals surface area contributed by atoms with Crippen molar-refractivity contribution in [2.24, 2.45) is 10.9 Å². The molecule has 1 aromatic carbocycles. The maximum Gasteiger partial charge on any atom is 0.211 e. The number of benzene rings is 1. The second-order valence-corrected chi connectivity index (χ2v) is 8.46. The molecular weight excluding hydrogens is 343 g/mol. The lowest BCUT2D eigenvalue weighted by Gasteiger charge is -2.16. The normalized spacial score (nSPS) is 19.2. The predicted molar refractivity (Wildman–Crippen MR) is 98.7 cm³/mol. The van der Waals surface area contributed by atoms with Gasteiger partial charge in [0.25, 0.3) is 0 Å². The van der Waals surface area contributed by atoms with Crippen molar-refractivity contribution < 1.29 is 12.8 Å². The second-order valence-electron chi connectivity index (χ2n) is 6.48. The number of hydrogen-bond acceptors (Lipinski definition) is 3. The molecule has 1 heterocycles.